The van der Waals surface area contributed by atoms with E-state index in [2.05, 4.69) is 6.92 Å². The standard InChI is InChI=1S/C30H48O6/c1-5-6-7-8-9-10-11-12-13-14-15-16-17-18-19-20-21-27-22-29(35-25(3)32)30(36-26(4)33)23-28(27)34-24(2)31/h22-23H,5-21H2,1-4H3. The SMILES string of the molecule is CCCCCCCCCCCCCCCCCCc1cc(OC(C)=O)c(OC(C)=O)cc1OC(C)=O. The molecule has 1 rings (SSSR count). The van der Waals surface area contributed by atoms with Gasteiger partial charge in [0.1, 0.15) is 5.75 Å². The normalized spacial score (nSPS) is 10.8. The lowest BCUT2D eigenvalue weighted by molar-refractivity contribution is -0.134. The third kappa shape index (κ3) is 15.6. The number of carbonyl (C=O) groups is 3. The first-order chi connectivity index (χ1) is 17.3. The van der Waals surface area contributed by atoms with Crippen molar-refractivity contribution in [2.24, 2.45) is 0 Å². The second-order valence-corrected chi connectivity index (χ2v) is 9.74. The number of esters is 3. The first-order valence-corrected chi connectivity index (χ1v) is 14.1. The van der Waals surface area contributed by atoms with E-state index in [1.54, 1.807) is 6.07 Å². The van der Waals surface area contributed by atoms with Crippen LogP contribution in [0.2, 0.25) is 0 Å². The molecule has 6 nitrogen and oxygen atoms in total. The molecule has 0 bridgehead atoms. The van der Waals surface area contributed by atoms with Gasteiger partial charge >= 0.3 is 17.9 Å². The predicted molar refractivity (Wildman–Crippen MR) is 144 cm³/mol. The van der Waals surface area contributed by atoms with Crippen LogP contribution in [0.15, 0.2) is 12.1 Å². The van der Waals surface area contributed by atoms with Gasteiger partial charge in [0.25, 0.3) is 0 Å². The van der Waals surface area contributed by atoms with Crippen molar-refractivity contribution in [1.82, 2.24) is 0 Å². The van der Waals surface area contributed by atoms with Crippen LogP contribution in [0.3, 0.4) is 0 Å². The van der Waals surface area contributed by atoms with E-state index in [4.69, 9.17) is 14.2 Å². The molecule has 0 radical (unpaired) electrons. The van der Waals surface area contributed by atoms with Gasteiger partial charge < -0.3 is 14.2 Å². The number of carbonyl (C=O) groups excluding carboxylic acids is 3. The summed E-state index contributed by atoms with van der Waals surface area (Å²) in [5.41, 5.74) is 0.753. The highest BCUT2D eigenvalue weighted by atomic mass is 16.6. The summed E-state index contributed by atoms with van der Waals surface area (Å²) >= 11 is 0. The summed E-state index contributed by atoms with van der Waals surface area (Å²) in [7, 11) is 0. The number of ether oxygens (including phenoxy) is 3. The number of benzene rings is 1. The van der Waals surface area contributed by atoms with Gasteiger partial charge in [0.2, 0.25) is 0 Å². The van der Waals surface area contributed by atoms with Crippen LogP contribution in [0.1, 0.15) is 136 Å². The van der Waals surface area contributed by atoms with Gasteiger partial charge in [0.05, 0.1) is 0 Å². The average molecular weight is 505 g/mol. The van der Waals surface area contributed by atoms with E-state index in [-0.39, 0.29) is 11.5 Å². The van der Waals surface area contributed by atoms with Gasteiger partial charge in [-0.15, -0.1) is 0 Å². The maximum atomic E-state index is 11.6. The minimum atomic E-state index is -0.553. The maximum absolute atomic E-state index is 11.6. The Morgan fingerprint density at radius 2 is 0.833 bits per heavy atom. The van der Waals surface area contributed by atoms with Crippen molar-refractivity contribution in [2.45, 2.75) is 137 Å². The Hall–Kier alpha value is -2.37. The molecule has 0 saturated heterocycles. The summed E-state index contributed by atoms with van der Waals surface area (Å²) < 4.78 is 15.7. The number of hydrogen-bond acceptors (Lipinski definition) is 6. The lowest BCUT2D eigenvalue weighted by atomic mass is 10.0. The number of hydrogen-bond donors (Lipinski definition) is 0. The molecule has 0 aromatic heterocycles. The van der Waals surface area contributed by atoms with Crippen molar-refractivity contribution in [3.05, 3.63) is 17.7 Å². The van der Waals surface area contributed by atoms with Crippen molar-refractivity contribution in [1.29, 1.82) is 0 Å². The molecule has 6 heteroatoms. The molecule has 0 atom stereocenters. The molecule has 204 valence electrons. The third-order valence-electron chi connectivity index (χ3n) is 6.19. The minimum Gasteiger partial charge on any atom is -0.426 e. The zero-order valence-electron chi connectivity index (χ0n) is 23.1. The van der Waals surface area contributed by atoms with Crippen molar-refractivity contribution in [2.75, 3.05) is 0 Å². The molecule has 1 aromatic rings. The smallest absolute Gasteiger partial charge is 0.308 e. The fourth-order valence-electron chi connectivity index (χ4n) is 4.36. The van der Waals surface area contributed by atoms with E-state index >= 15 is 0 Å². The molecule has 0 saturated carbocycles. The molecule has 0 heterocycles. The quantitative estimate of drug-likeness (QED) is 0.101. The number of rotatable bonds is 20. The van der Waals surface area contributed by atoms with Crippen LogP contribution in [0.5, 0.6) is 17.2 Å². The van der Waals surface area contributed by atoms with E-state index in [9.17, 15) is 14.4 Å². The highest BCUT2D eigenvalue weighted by molar-refractivity contribution is 5.75. The molecular weight excluding hydrogens is 456 g/mol. The van der Waals surface area contributed by atoms with Gasteiger partial charge in [-0.05, 0) is 24.5 Å². The lowest BCUT2D eigenvalue weighted by Crippen LogP contribution is -2.10. The third-order valence-corrected chi connectivity index (χ3v) is 6.19. The van der Waals surface area contributed by atoms with Gasteiger partial charge in [0, 0.05) is 26.8 Å². The molecule has 0 amide bonds. The zero-order valence-corrected chi connectivity index (χ0v) is 23.1. The van der Waals surface area contributed by atoms with Crippen LogP contribution >= 0.6 is 0 Å². The first kappa shape index (κ1) is 31.7. The van der Waals surface area contributed by atoms with E-state index in [1.807, 2.05) is 0 Å². The predicted octanol–water partition coefficient (Wildman–Crippen LogP) is 8.27. The van der Waals surface area contributed by atoms with E-state index in [1.165, 1.54) is 117 Å². The van der Waals surface area contributed by atoms with Crippen LogP contribution in [-0.4, -0.2) is 17.9 Å². The van der Waals surface area contributed by atoms with Crippen molar-refractivity contribution >= 4 is 17.9 Å². The zero-order chi connectivity index (χ0) is 26.6. The van der Waals surface area contributed by atoms with Crippen LogP contribution in [0, 0.1) is 0 Å². The van der Waals surface area contributed by atoms with E-state index in [0.29, 0.717) is 12.2 Å². The van der Waals surface area contributed by atoms with Crippen LogP contribution < -0.4 is 14.2 Å². The Labute approximate surface area is 218 Å². The molecule has 0 spiro atoms. The molecule has 1 aromatic carbocycles. The number of aryl methyl sites for hydroxylation is 1. The Morgan fingerprint density at radius 1 is 0.500 bits per heavy atom. The van der Waals surface area contributed by atoms with Gasteiger partial charge in [-0.25, -0.2) is 0 Å². The molecule has 0 aliphatic heterocycles. The maximum Gasteiger partial charge on any atom is 0.308 e. The highest BCUT2D eigenvalue weighted by Gasteiger charge is 2.17. The van der Waals surface area contributed by atoms with Crippen molar-refractivity contribution in [3.63, 3.8) is 0 Å². The van der Waals surface area contributed by atoms with Crippen LogP contribution in [-0.2, 0) is 20.8 Å². The van der Waals surface area contributed by atoms with Crippen molar-refractivity contribution < 1.29 is 28.6 Å². The summed E-state index contributed by atoms with van der Waals surface area (Å²) in [6.07, 6.45) is 21.5. The first-order valence-electron chi connectivity index (χ1n) is 14.1. The summed E-state index contributed by atoms with van der Waals surface area (Å²) in [6, 6.07) is 3.08. The van der Waals surface area contributed by atoms with Crippen molar-refractivity contribution in [3.8, 4) is 17.2 Å². The molecule has 0 aliphatic carbocycles. The molecule has 0 aliphatic rings. The fraction of sp³-hybridized carbons (Fsp3) is 0.700. The lowest BCUT2D eigenvalue weighted by Gasteiger charge is -2.15. The molecule has 0 fully saturated rings. The van der Waals surface area contributed by atoms with Crippen LogP contribution in [0.25, 0.3) is 0 Å². The Morgan fingerprint density at radius 3 is 1.22 bits per heavy atom. The highest BCUT2D eigenvalue weighted by Crippen LogP contribution is 2.36. The Balaban J connectivity index is 2.33. The van der Waals surface area contributed by atoms with Gasteiger partial charge in [-0.3, -0.25) is 14.4 Å². The Bertz CT molecular complexity index is 786. The summed E-state index contributed by atoms with van der Waals surface area (Å²) in [5, 5.41) is 0. The fourth-order valence-corrected chi connectivity index (χ4v) is 4.36. The van der Waals surface area contributed by atoms with E-state index < -0.39 is 17.9 Å². The molecular formula is C30H48O6. The monoisotopic (exact) mass is 504 g/mol. The second kappa shape index (κ2) is 19.8. The second-order valence-electron chi connectivity index (χ2n) is 9.74. The van der Waals surface area contributed by atoms with Crippen LogP contribution in [0.4, 0.5) is 0 Å². The largest absolute Gasteiger partial charge is 0.426 e. The minimum absolute atomic E-state index is 0.0599. The topological polar surface area (TPSA) is 78.9 Å². The summed E-state index contributed by atoms with van der Waals surface area (Å²) in [6.45, 7) is 6.13. The molecule has 0 unspecified atom stereocenters. The Kier molecular flexibility index (Phi) is 17.4. The number of unbranched alkanes of at least 4 members (excludes halogenated alkanes) is 15. The molecule has 36 heavy (non-hydrogen) atoms. The van der Waals surface area contributed by atoms with Gasteiger partial charge in [-0.1, -0.05) is 103 Å². The summed E-state index contributed by atoms with van der Waals surface area (Å²) in [4.78, 5) is 34.5. The van der Waals surface area contributed by atoms with Gasteiger partial charge in [-0.2, -0.15) is 0 Å². The summed E-state index contributed by atoms with van der Waals surface area (Å²) in [5.74, 6) is -0.989. The van der Waals surface area contributed by atoms with E-state index in [0.717, 1.165) is 18.4 Å². The molecule has 0 N–H and O–H groups in total. The van der Waals surface area contributed by atoms with Gasteiger partial charge in [0.15, 0.2) is 11.5 Å². The average Bonchev–Trinajstić information content (AvgIpc) is 2.80.